The monoisotopic (exact) mass is 263 g/mol. The third-order valence-electron chi connectivity index (χ3n) is 4.11. The zero-order chi connectivity index (χ0) is 13.4. The molecular weight excluding hydrogens is 246 g/mol. The van der Waals surface area contributed by atoms with Crippen LogP contribution < -0.4 is 5.32 Å². The molecule has 0 saturated carbocycles. The number of nitrogens with one attached hydrogen (secondary N) is 1. The van der Waals surface area contributed by atoms with Gasteiger partial charge >= 0.3 is 0 Å². The molecule has 2 aromatic carbocycles. The summed E-state index contributed by atoms with van der Waals surface area (Å²) in [7, 11) is 0. The van der Waals surface area contributed by atoms with Crippen molar-refractivity contribution >= 4 is 11.0 Å². The van der Waals surface area contributed by atoms with E-state index in [2.05, 4.69) is 53.8 Å². The van der Waals surface area contributed by atoms with Gasteiger partial charge in [0.1, 0.15) is 11.3 Å². The Balaban J connectivity index is 1.60. The fraction of sp³-hybridized carbons (Fsp3) is 0.222. The first-order valence-corrected chi connectivity index (χ1v) is 7.17. The molecule has 20 heavy (non-hydrogen) atoms. The highest BCUT2D eigenvalue weighted by Gasteiger charge is 2.23. The first-order chi connectivity index (χ1) is 9.90. The molecule has 0 radical (unpaired) electrons. The van der Waals surface area contributed by atoms with E-state index >= 15 is 0 Å². The van der Waals surface area contributed by atoms with E-state index < -0.39 is 0 Å². The number of fused-ring (bicyclic) bond motifs is 3. The number of hydrogen-bond donors (Lipinski definition) is 1. The summed E-state index contributed by atoms with van der Waals surface area (Å²) in [4.78, 5) is 0. The molecule has 2 nitrogen and oxygen atoms in total. The van der Waals surface area contributed by atoms with Crippen LogP contribution in [0.25, 0.3) is 11.0 Å². The van der Waals surface area contributed by atoms with Gasteiger partial charge in [-0.15, -0.1) is 0 Å². The van der Waals surface area contributed by atoms with Gasteiger partial charge in [-0.05, 0) is 18.1 Å². The van der Waals surface area contributed by atoms with Gasteiger partial charge in [0.25, 0.3) is 0 Å². The lowest BCUT2D eigenvalue weighted by molar-refractivity contribution is 0.418. The number of benzene rings is 2. The predicted molar refractivity (Wildman–Crippen MR) is 80.7 cm³/mol. The van der Waals surface area contributed by atoms with E-state index in [1.807, 2.05) is 6.07 Å². The van der Waals surface area contributed by atoms with E-state index in [1.54, 1.807) is 0 Å². The molecule has 100 valence electrons. The van der Waals surface area contributed by atoms with Crippen LogP contribution in [0.4, 0.5) is 0 Å². The second-order valence-corrected chi connectivity index (χ2v) is 5.47. The molecule has 1 aromatic heterocycles. The normalized spacial score (nSPS) is 18.1. The molecule has 0 saturated heterocycles. The van der Waals surface area contributed by atoms with Gasteiger partial charge in [-0.1, -0.05) is 48.5 Å². The molecule has 1 atom stereocenters. The van der Waals surface area contributed by atoms with Gasteiger partial charge in [-0.25, -0.2) is 0 Å². The Morgan fingerprint density at radius 1 is 1.00 bits per heavy atom. The van der Waals surface area contributed by atoms with Crippen molar-refractivity contribution in [1.82, 2.24) is 5.32 Å². The van der Waals surface area contributed by atoms with Crippen molar-refractivity contribution in [3.8, 4) is 0 Å². The van der Waals surface area contributed by atoms with E-state index in [4.69, 9.17) is 4.42 Å². The molecule has 0 amide bonds. The molecule has 1 aliphatic heterocycles. The Labute approximate surface area is 118 Å². The minimum Gasteiger partial charge on any atom is -0.461 e. The van der Waals surface area contributed by atoms with E-state index in [-0.39, 0.29) is 0 Å². The molecule has 1 N–H and O–H groups in total. The van der Waals surface area contributed by atoms with Crippen LogP contribution in [0, 0.1) is 0 Å². The van der Waals surface area contributed by atoms with E-state index in [0.717, 1.165) is 30.7 Å². The van der Waals surface area contributed by atoms with Crippen LogP contribution in [-0.2, 0) is 19.4 Å². The van der Waals surface area contributed by atoms with Crippen molar-refractivity contribution in [1.29, 1.82) is 0 Å². The van der Waals surface area contributed by atoms with Crippen molar-refractivity contribution < 1.29 is 4.42 Å². The summed E-state index contributed by atoms with van der Waals surface area (Å²) in [5.74, 6) is 1.16. The summed E-state index contributed by atoms with van der Waals surface area (Å²) in [6.07, 6.45) is 2.02. The van der Waals surface area contributed by atoms with Crippen LogP contribution in [0.2, 0.25) is 0 Å². The van der Waals surface area contributed by atoms with Gasteiger partial charge in [0.05, 0.1) is 0 Å². The van der Waals surface area contributed by atoms with Crippen molar-refractivity contribution in [3.63, 3.8) is 0 Å². The fourth-order valence-electron chi connectivity index (χ4n) is 3.09. The number of rotatable bonds is 2. The maximum Gasteiger partial charge on any atom is 0.134 e. The lowest BCUT2D eigenvalue weighted by atomic mass is 9.96. The largest absolute Gasteiger partial charge is 0.461 e. The first-order valence-electron chi connectivity index (χ1n) is 7.17. The van der Waals surface area contributed by atoms with Crippen molar-refractivity contribution in [2.75, 3.05) is 0 Å². The molecule has 3 aromatic rings. The quantitative estimate of drug-likeness (QED) is 0.763. The Bertz CT molecular complexity index is 730. The molecule has 2 heterocycles. The molecule has 1 aliphatic rings. The van der Waals surface area contributed by atoms with Gasteiger partial charge in [0.15, 0.2) is 0 Å². The first kappa shape index (κ1) is 11.7. The van der Waals surface area contributed by atoms with Crippen LogP contribution in [0.15, 0.2) is 59.0 Å². The van der Waals surface area contributed by atoms with Gasteiger partial charge in [0.2, 0.25) is 0 Å². The maximum absolute atomic E-state index is 6.02. The highest BCUT2D eigenvalue weighted by Crippen LogP contribution is 2.29. The fourth-order valence-corrected chi connectivity index (χ4v) is 3.09. The van der Waals surface area contributed by atoms with Gasteiger partial charge in [-0.2, -0.15) is 0 Å². The zero-order valence-electron chi connectivity index (χ0n) is 11.3. The number of hydrogen-bond acceptors (Lipinski definition) is 2. The van der Waals surface area contributed by atoms with Crippen molar-refractivity contribution in [2.45, 2.75) is 25.4 Å². The molecule has 0 bridgehead atoms. The highest BCUT2D eigenvalue weighted by molar-refractivity contribution is 5.82. The van der Waals surface area contributed by atoms with Crippen LogP contribution in [0.1, 0.15) is 16.9 Å². The van der Waals surface area contributed by atoms with Crippen LogP contribution in [0.5, 0.6) is 0 Å². The molecule has 4 rings (SSSR count). The summed E-state index contributed by atoms with van der Waals surface area (Å²) in [6.45, 7) is 0.907. The summed E-state index contributed by atoms with van der Waals surface area (Å²) in [5, 5.41) is 4.90. The molecular formula is C18H17NO. The smallest absolute Gasteiger partial charge is 0.134 e. The Morgan fingerprint density at radius 2 is 1.80 bits per heavy atom. The minimum absolute atomic E-state index is 0.463. The third-order valence-corrected chi connectivity index (χ3v) is 4.11. The van der Waals surface area contributed by atoms with Crippen LogP contribution in [-0.4, -0.2) is 6.04 Å². The van der Waals surface area contributed by atoms with Gasteiger partial charge < -0.3 is 9.73 Å². The highest BCUT2D eigenvalue weighted by atomic mass is 16.3. The van der Waals surface area contributed by atoms with Crippen molar-refractivity contribution in [3.05, 3.63) is 71.5 Å². The molecule has 0 aliphatic carbocycles. The Morgan fingerprint density at radius 3 is 2.70 bits per heavy atom. The standard InChI is InChI=1S/C18H17NO/c1-2-6-13(7-3-1)10-14-11-18-16(12-19-14)15-8-4-5-9-17(15)20-18/h1-9,14,19H,10-12H2/t14-/m1/s1. The Hall–Kier alpha value is -2.06. The predicted octanol–water partition coefficient (Wildman–Crippen LogP) is 3.69. The average Bonchev–Trinajstić information content (AvgIpc) is 2.86. The van der Waals surface area contributed by atoms with E-state index in [9.17, 15) is 0 Å². The Kier molecular flexibility index (Phi) is 2.82. The third kappa shape index (κ3) is 2.02. The zero-order valence-corrected chi connectivity index (χ0v) is 11.3. The lowest BCUT2D eigenvalue weighted by Gasteiger charge is -2.23. The summed E-state index contributed by atoms with van der Waals surface area (Å²) >= 11 is 0. The SMILES string of the molecule is c1ccc(C[C@@H]2Cc3oc4ccccc4c3CN2)cc1. The maximum atomic E-state index is 6.02. The molecule has 0 spiro atoms. The number of para-hydroxylation sites is 1. The summed E-state index contributed by atoms with van der Waals surface area (Å²) in [5.41, 5.74) is 3.73. The van der Waals surface area contributed by atoms with Gasteiger partial charge in [-0.3, -0.25) is 0 Å². The molecule has 0 fully saturated rings. The second-order valence-electron chi connectivity index (χ2n) is 5.47. The molecule has 2 heteroatoms. The van der Waals surface area contributed by atoms with E-state index in [0.29, 0.717) is 6.04 Å². The second kappa shape index (κ2) is 4.80. The molecule has 0 unspecified atom stereocenters. The average molecular weight is 263 g/mol. The minimum atomic E-state index is 0.463. The lowest BCUT2D eigenvalue weighted by Crippen LogP contribution is -2.36. The van der Waals surface area contributed by atoms with E-state index in [1.165, 1.54) is 16.5 Å². The van der Waals surface area contributed by atoms with Gasteiger partial charge in [0, 0.05) is 30.0 Å². The summed E-state index contributed by atoms with van der Waals surface area (Å²) in [6, 6.07) is 19.4. The topological polar surface area (TPSA) is 25.2 Å². The number of furan rings is 1. The van der Waals surface area contributed by atoms with Crippen LogP contribution in [0.3, 0.4) is 0 Å². The van der Waals surface area contributed by atoms with Crippen LogP contribution >= 0.6 is 0 Å². The van der Waals surface area contributed by atoms with Crippen molar-refractivity contribution in [2.24, 2.45) is 0 Å². The summed E-state index contributed by atoms with van der Waals surface area (Å²) < 4.78 is 6.02.